The summed E-state index contributed by atoms with van der Waals surface area (Å²) in [6.45, 7) is 6.96. The molecule has 0 aliphatic heterocycles. The summed E-state index contributed by atoms with van der Waals surface area (Å²) in [7, 11) is 0. The van der Waals surface area contributed by atoms with Crippen molar-refractivity contribution in [3.05, 3.63) is 47.2 Å². The monoisotopic (exact) mass is 255 g/mol. The van der Waals surface area contributed by atoms with Crippen molar-refractivity contribution in [3.8, 4) is 11.3 Å². The molecule has 100 valence electrons. The second-order valence-corrected chi connectivity index (χ2v) is 5.94. The van der Waals surface area contributed by atoms with Gasteiger partial charge in [0.25, 0.3) is 0 Å². The molecule has 1 aliphatic rings. The van der Waals surface area contributed by atoms with Crippen molar-refractivity contribution in [2.45, 2.75) is 45.8 Å². The van der Waals surface area contributed by atoms with Crippen molar-refractivity contribution in [2.24, 2.45) is 0 Å². The maximum absolute atomic E-state index is 9.63. The van der Waals surface area contributed by atoms with Crippen molar-refractivity contribution in [1.29, 1.82) is 0 Å². The van der Waals surface area contributed by atoms with Crippen molar-refractivity contribution in [2.75, 3.05) is 0 Å². The smallest absolute Gasteiger partial charge is 0.0691 e. The van der Waals surface area contributed by atoms with E-state index in [4.69, 9.17) is 0 Å². The van der Waals surface area contributed by atoms with Crippen LogP contribution in [-0.4, -0.2) is 15.8 Å². The number of benzene rings is 1. The Hall–Kier alpha value is -1.54. The van der Waals surface area contributed by atoms with Gasteiger partial charge in [-0.15, -0.1) is 0 Å². The molecule has 3 rings (SSSR count). The highest BCUT2D eigenvalue weighted by Gasteiger charge is 2.23. The summed E-state index contributed by atoms with van der Waals surface area (Å²) in [5.74, 6) is 0.550. The van der Waals surface area contributed by atoms with Gasteiger partial charge >= 0.3 is 0 Å². The Labute approximate surface area is 114 Å². The van der Waals surface area contributed by atoms with Gasteiger partial charge in [-0.25, -0.2) is 0 Å². The quantitative estimate of drug-likeness (QED) is 0.760. The summed E-state index contributed by atoms with van der Waals surface area (Å²) in [4.78, 5) is 0. The summed E-state index contributed by atoms with van der Waals surface area (Å²) >= 11 is 0. The molecule has 0 spiro atoms. The van der Waals surface area contributed by atoms with Crippen molar-refractivity contribution >= 4 is 0 Å². The van der Waals surface area contributed by atoms with E-state index < -0.39 is 0 Å². The first kappa shape index (κ1) is 12.5. The summed E-state index contributed by atoms with van der Waals surface area (Å²) in [5.41, 5.74) is 6.84. The van der Waals surface area contributed by atoms with Gasteiger partial charge in [0.15, 0.2) is 0 Å². The summed E-state index contributed by atoms with van der Waals surface area (Å²) in [6.07, 6.45) is 2.81. The van der Waals surface area contributed by atoms with E-state index in [0.717, 1.165) is 6.42 Å². The van der Waals surface area contributed by atoms with E-state index in [1.807, 2.05) is 6.92 Å². The van der Waals surface area contributed by atoms with Crippen LogP contribution in [0.1, 0.15) is 43.4 Å². The van der Waals surface area contributed by atoms with Gasteiger partial charge in [-0.1, -0.05) is 26.0 Å². The van der Waals surface area contributed by atoms with E-state index >= 15 is 0 Å². The van der Waals surface area contributed by atoms with Crippen LogP contribution in [0, 0.1) is 0 Å². The van der Waals surface area contributed by atoms with Gasteiger partial charge in [-0.2, -0.15) is 0 Å². The number of aliphatic hydroxyl groups excluding tert-OH is 1. The van der Waals surface area contributed by atoms with Gasteiger partial charge < -0.3 is 9.67 Å². The molecule has 0 unspecified atom stereocenters. The number of hydrogen-bond acceptors (Lipinski definition) is 1. The van der Waals surface area contributed by atoms with Gasteiger partial charge in [-0.3, -0.25) is 0 Å². The number of fused-ring (bicyclic) bond motifs is 3. The Kier molecular flexibility index (Phi) is 2.98. The molecule has 0 saturated heterocycles. The predicted octanol–water partition coefficient (Wildman–Crippen LogP) is 3.56. The summed E-state index contributed by atoms with van der Waals surface area (Å²) in [5, 5.41) is 9.63. The average Bonchev–Trinajstić information content (AvgIpc) is 2.87. The lowest BCUT2D eigenvalue weighted by Crippen LogP contribution is -2.11. The van der Waals surface area contributed by atoms with Gasteiger partial charge in [0.05, 0.1) is 11.8 Å². The molecule has 0 amide bonds. The minimum absolute atomic E-state index is 0.311. The molecule has 1 heterocycles. The number of rotatable bonds is 3. The van der Waals surface area contributed by atoms with Crippen LogP contribution in [0.15, 0.2) is 30.5 Å². The molecule has 1 aromatic carbocycles. The molecule has 1 aliphatic carbocycles. The zero-order valence-electron chi connectivity index (χ0n) is 11.9. The highest BCUT2D eigenvalue weighted by molar-refractivity contribution is 5.75. The SMILES string of the molecule is CC(C)c1ccc2c(c1)-c1c(ccn1C[C@H](C)O)C2. The topological polar surface area (TPSA) is 25.2 Å². The third kappa shape index (κ3) is 2.10. The van der Waals surface area contributed by atoms with Crippen LogP contribution in [0.25, 0.3) is 11.3 Å². The van der Waals surface area contributed by atoms with Gasteiger partial charge in [0, 0.05) is 24.7 Å². The lowest BCUT2D eigenvalue weighted by molar-refractivity contribution is 0.174. The molecule has 2 nitrogen and oxygen atoms in total. The standard InChI is InChI=1S/C17H21NO/c1-11(2)13-4-5-14-8-15-6-7-18(10-12(3)19)17(15)16(14)9-13/h4-7,9,11-12,19H,8,10H2,1-3H3/t12-/m0/s1. The minimum Gasteiger partial charge on any atom is -0.392 e. The molecule has 0 radical (unpaired) electrons. The second kappa shape index (κ2) is 4.53. The molecule has 1 atom stereocenters. The fourth-order valence-electron chi connectivity index (χ4n) is 2.96. The fraction of sp³-hybridized carbons (Fsp3) is 0.412. The van der Waals surface area contributed by atoms with Crippen LogP contribution in [-0.2, 0) is 13.0 Å². The van der Waals surface area contributed by atoms with E-state index in [2.05, 4.69) is 48.9 Å². The van der Waals surface area contributed by atoms with E-state index in [0.29, 0.717) is 12.5 Å². The number of hydrogen-bond donors (Lipinski definition) is 1. The predicted molar refractivity (Wildman–Crippen MR) is 78.4 cm³/mol. The van der Waals surface area contributed by atoms with Crippen LogP contribution in [0.4, 0.5) is 0 Å². The minimum atomic E-state index is -0.311. The Morgan fingerprint density at radius 3 is 2.63 bits per heavy atom. The Morgan fingerprint density at radius 1 is 1.16 bits per heavy atom. The zero-order chi connectivity index (χ0) is 13.6. The molecular formula is C17H21NO. The Balaban J connectivity index is 2.08. The molecule has 0 bridgehead atoms. The van der Waals surface area contributed by atoms with Crippen molar-refractivity contribution < 1.29 is 5.11 Å². The molecule has 2 aromatic rings. The molecule has 19 heavy (non-hydrogen) atoms. The van der Waals surface area contributed by atoms with E-state index in [-0.39, 0.29) is 6.10 Å². The highest BCUT2D eigenvalue weighted by atomic mass is 16.3. The van der Waals surface area contributed by atoms with Gasteiger partial charge in [-0.05, 0) is 41.7 Å². The Bertz CT molecular complexity index is 608. The maximum atomic E-state index is 9.63. The third-order valence-electron chi connectivity index (χ3n) is 3.94. The highest BCUT2D eigenvalue weighted by Crippen LogP contribution is 2.38. The molecule has 2 heteroatoms. The maximum Gasteiger partial charge on any atom is 0.0691 e. The first-order valence-corrected chi connectivity index (χ1v) is 7.05. The van der Waals surface area contributed by atoms with E-state index in [9.17, 15) is 5.11 Å². The number of nitrogens with zero attached hydrogens (tertiary/aromatic N) is 1. The molecule has 0 saturated carbocycles. The van der Waals surface area contributed by atoms with Crippen LogP contribution >= 0.6 is 0 Å². The third-order valence-corrected chi connectivity index (χ3v) is 3.94. The summed E-state index contributed by atoms with van der Waals surface area (Å²) < 4.78 is 2.19. The fourth-order valence-corrected chi connectivity index (χ4v) is 2.96. The molecular weight excluding hydrogens is 234 g/mol. The molecule has 0 fully saturated rings. The zero-order valence-corrected chi connectivity index (χ0v) is 11.9. The van der Waals surface area contributed by atoms with Crippen LogP contribution < -0.4 is 0 Å². The van der Waals surface area contributed by atoms with Crippen LogP contribution in [0.2, 0.25) is 0 Å². The van der Waals surface area contributed by atoms with E-state index in [1.54, 1.807) is 0 Å². The van der Waals surface area contributed by atoms with Crippen molar-refractivity contribution in [1.82, 2.24) is 4.57 Å². The van der Waals surface area contributed by atoms with Gasteiger partial charge in [0.1, 0.15) is 0 Å². The molecule has 1 aromatic heterocycles. The van der Waals surface area contributed by atoms with E-state index in [1.165, 1.54) is 27.9 Å². The first-order chi connectivity index (χ1) is 9.06. The lowest BCUT2D eigenvalue weighted by Gasteiger charge is -2.13. The van der Waals surface area contributed by atoms with Gasteiger partial charge in [0.2, 0.25) is 0 Å². The lowest BCUT2D eigenvalue weighted by atomic mass is 9.98. The Morgan fingerprint density at radius 2 is 1.95 bits per heavy atom. The normalized spacial score (nSPS) is 14.6. The number of aromatic nitrogens is 1. The average molecular weight is 255 g/mol. The number of aliphatic hydroxyl groups is 1. The summed E-state index contributed by atoms with van der Waals surface area (Å²) in [6, 6.07) is 9.02. The molecule has 1 N–H and O–H groups in total. The largest absolute Gasteiger partial charge is 0.392 e. The van der Waals surface area contributed by atoms with Crippen molar-refractivity contribution in [3.63, 3.8) is 0 Å². The van der Waals surface area contributed by atoms with Crippen LogP contribution in [0.3, 0.4) is 0 Å². The van der Waals surface area contributed by atoms with Crippen LogP contribution in [0.5, 0.6) is 0 Å². The second-order valence-electron chi connectivity index (χ2n) is 5.94. The first-order valence-electron chi connectivity index (χ1n) is 7.05.